The molecule has 0 saturated carbocycles. The minimum atomic E-state index is -2.74. The van der Waals surface area contributed by atoms with Crippen molar-refractivity contribution in [2.45, 2.75) is 18.4 Å². The summed E-state index contributed by atoms with van der Waals surface area (Å²) in [5.74, 6) is -5.02. The standard InChI is InChI=1S/C6H8O7.3Na.5H2O.3H/c7-3(8)1-6(13,5(11)12)2-4(9)10;;;;;;;;;;;/h13H,1-2H2,(H,7,8)(H,9,10)(H,11,12);;;;5*1H2;;;. The van der Waals surface area contributed by atoms with E-state index >= 15 is 0 Å². The van der Waals surface area contributed by atoms with Gasteiger partial charge in [-0.15, -0.1) is 0 Å². The first kappa shape index (κ1) is 57.3. The molecule has 12 nitrogen and oxygen atoms in total. The first-order valence-corrected chi connectivity index (χ1v) is 3.17. The van der Waals surface area contributed by atoms with Gasteiger partial charge >= 0.3 is 107 Å². The van der Waals surface area contributed by atoms with Crippen molar-refractivity contribution in [3.63, 3.8) is 0 Å². The molecule has 0 spiro atoms. The van der Waals surface area contributed by atoms with Gasteiger partial charge in [0.2, 0.25) is 0 Å². The quantitative estimate of drug-likeness (QED) is 0.345. The molecule has 21 heavy (non-hydrogen) atoms. The Balaban J connectivity index is -0.0000000257. The molecule has 0 aliphatic heterocycles. The van der Waals surface area contributed by atoms with E-state index in [9.17, 15) is 14.4 Å². The van der Waals surface area contributed by atoms with Gasteiger partial charge in [-0.2, -0.15) is 0 Å². The summed E-state index contributed by atoms with van der Waals surface area (Å²) in [6.45, 7) is 0. The van der Waals surface area contributed by atoms with Crippen LogP contribution < -0.4 is 0 Å². The summed E-state index contributed by atoms with van der Waals surface area (Å²) in [6, 6.07) is 0. The zero-order valence-corrected chi connectivity index (χ0v) is 8.93. The van der Waals surface area contributed by atoms with Crippen molar-refractivity contribution < 1.29 is 62.2 Å². The third-order valence-electron chi connectivity index (χ3n) is 1.29. The molecule has 0 bridgehead atoms. The fourth-order valence-corrected chi connectivity index (χ4v) is 0.714. The predicted octanol–water partition coefficient (Wildman–Crippen LogP) is -7.32. The zero-order chi connectivity index (χ0) is 10.6. The van der Waals surface area contributed by atoms with E-state index < -0.39 is 36.4 Å². The van der Waals surface area contributed by atoms with E-state index in [2.05, 4.69) is 0 Å². The van der Waals surface area contributed by atoms with Crippen molar-refractivity contribution in [3.05, 3.63) is 0 Å². The predicted molar refractivity (Wildman–Crippen MR) is 76.6 cm³/mol. The van der Waals surface area contributed by atoms with Crippen LogP contribution in [0.5, 0.6) is 0 Å². The number of carboxylic acid groups (broad SMARTS) is 3. The molecule has 0 aromatic carbocycles. The fraction of sp³-hybridized carbons (Fsp3) is 0.500. The Labute approximate surface area is 185 Å². The summed E-state index contributed by atoms with van der Waals surface area (Å²) in [7, 11) is 0. The van der Waals surface area contributed by atoms with E-state index in [-0.39, 0.29) is 116 Å². The van der Waals surface area contributed by atoms with E-state index in [0.717, 1.165) is 0 Å². The number of carboxylic acids is 3. The van der Waals surface area contributed by atoms with Gasteiger partial charge in [0.25, 0.3) is 0 Å². The van der Waals surface area contributed by atoms with Crippen molar-refractivity contribution in [1.29, 1.82) is 0 Å². The van der Waals surface area contributed by atoms with Crippen LogP contribution in [0.1, 0.15) is 12.8 Å². The Morgan fingerprint density at radius 1 is 0.667 bits per heavy atom. The maximum atomic E-state index is 10.3. The van der Waals surface area contributed by atoms with E-state index in [4.69, 9.17) is 20.4 Å². The van der Waals surface area contributed by atoms with Gasteiger partial charge in [-0.05, 0) is 0 Å². The average molecular weight is 354 g/mol. The molecule has 0 unspecified atom stereocenters. The summed E-state index contributed by atoms with van der Waals surface area (Å²) < 4.78 is 0. The Hall–Kier alpha value is 1.17. The van der Waals surface area contributed by atoms with E-state index in [1.54, 1.807) is 0 Å². The molecule has 0 fully saturated rings. The van der Waals surface area contributed by atoms with Crippen LogP contribution in [0, 0.1) is 0 Å². The number of hydrogen-bond acceptors (Lipinski definition) is 4. The molecule has 15 heteroatoms. The Morgan fingerprint density at radius 3 is 0.952 bits per heavy atom. The molecule has 0 aliphatic rings. The topological polar surface area (TPSA) is 290 Å². The van der Waals surface area contributed by atoms with Crippen molar-refractivity contribution in [1.82, 2.24) is 0 Å². The molecule has 0 saturated heterocycles. The molecular weight excluding hydrogens is 333 g/mol. The molecule has 14 N–H and O–H groups in total. The fourth-order valence-electron chi connectivity index (χ4n) is 0.714. The van der Waals surface area contributed by atoms with Gasteiger partial charge in [0, 0.05) is 0 Å². The van der Waals surface area contributed by atoms with Gasteiger partial charge < -0.3 is 47.8 Å². The second kappa shape index (κ2) is 26.1. The van der Waals surface area contributed by atoms with Crippen LogP contribution in [0.15, 0.2) is 0 Å². The second-order valence-corrected chi connectivity index (χ2v) is 2.48. The first-order chi connectivity index (χ1) is 5.78. The third kappa shape index (κ3) is 26.4. The minimum absolute atomic E-state index is 0. The SMILES string of the molecule is O.O.O.O.O.O=C(O)CC(O)(CC(=O)O)C(=O)O.[NaH].[NaH].[NaH]. The zero-order valence-electron chi connectivity index (χ0n) is 8.93. The molecule has 0 heterocycles. The van der Waals surface area contributed by atoms with Crippen molar-refractivity contribution in [2.24, 2.45) is 0 Å². The number of rotatable bonds is 5. The van der Waals surface area contributed by atoms with Crippen LogP contribution >= 0.6 is 0 Å². The van der Waals surface area contributed by atoms with Crippen LogP contribution in [0.25, 0.3) is 0 Å². The molecule has 0 amide bonds. The summed E-state index contributed by atoms with van der Waals surface area (Å²) >= 11 is 0. The second-order valence-electron chi connectivity index (χ2n) is 2.48. The van der Waals surface area contributed by atoms with Crippen molar-refractivity contribution in [3.8, 4) is 0 Å². The molecule has 0 aromatic heterocycles. The van der Waals surface area contributed by atoms with Gasteiger partial charge in [-0.25, -0.2) is 4.79 Å². The molecule has 0 aromatic rings. The molecule has 0 radical (unpaired) electrons. The van der Waals surface area contributed by atoms with E-state index in [1.165, 1.54) is 0 Å². The molecule has 120 valence electrons. The normalized spacial score (nSPS) is 6.71. The Morgan fingerprint density at radius 2 is 0.857 bits per heavy atom. The van der Waals surface area contributed by atoms with Crippen LogP contribution in [-0.2, 0) is 14.4 Å². The van der Waals surface area contributed by atoms with Gasteiger partial charge in [-0.3, -0.25) is 9.59 Å². The number of carbonyl (C=O) groups is 3. The molecular formula is C6H21Na3O12. The van der Waals surface area contributed by atoms with Crippen LogP contribution in [0.2, 0.25) is 0 Å². The first-order valence-electron chi connectivity index (χ1n) is 3.17. The summed E-state index contributed by atoms with van der Waals surface area (Å²) in [5.41, 5.74) is -2.74. The Kier molecular flexibility index (Phi) is 71.2. The van der Waals surface area contributed by atoms with Crippen molar-refractivity contribution >= 4 is 107 Å². The number of hydrogen-bond donors (Lipinski definition) is 4. The number of aliphatic carboxylic acids is 3. The van der Waals surface area contributed by atoms with E-state index in [0.29, 0.717) is 0 Å². The van der Waals surface area contributed by atoms with Crippen molar-refractivity contribution in [2.75, 3.05) is 0 Å². The van der Waals surface area contributed by atoms with Gasteiger partial charge in [0.1, 0.15) is 0 Å². The van der Waals surface area contributed by atoms with Crippen LogP contribution in [0.4, 0.5) is 0 Å². The van der Waals surface area contributed by atoms with Gasteiger partial charge in [0.15, 0.2) is 5.60 Å². The maximum absolute atomic E-state index is 10.3. The molecule has 0 atom stereocenters. The third-order valence-corrected chi connectivity index (χ3v) is 1.29. The summed E-state index contributed by atoms with van der Waals surface area (Å²) in [6.07, 6.45) is -2.29. The monoisotopic (exact) mass is 354 g/mol. The van der Waals surface area contributed by atoms with Gasteiger partial charge in [0.05, 0.1) is 12.8 Å². The number of aliphatic hydroxyl groups is 1. The van der Waals surface area contributed by atoms with E-state index in [1.807, 2.05) is 0 Å². The summed E-state index contributed by atoms with van der Waals surface area (Å²) in [5, 5.41) is 33.8. The summed E-state index contributed by atoms with van der Waals surface area (Å²) in [4.78, 5) is 30.5. The van der Waals surface area contributed by atoms with Crippen LogP contribution in [0.3, 0.4) is 0 Å². The average Bonchev–Trinajstić information content (AvgIpc) is 1.82. The Bertz CT molecular complexity index is 243. The molecule has 0 rings (SSSR count). The molecule has 0 aliphatic carbocycles. The van der Waals surface area contributed by atoms with Gasteiger partial charge in [-0.1, -0.05) is 0 Å². The van der Waals surface area contributed by atoms with Crippen LogP contribution in [-0.4, -0.2) is 160 Å².